The van der Waals surface area contributed by atoms with E-state index in [0.29, 0.717) is 13.2 Å². The Morgan fingerprint density at radius 2 is 1.41 bits per heavy atom. The van der Waals surface area contributed by atoms with Crippen molar-refractivity contribution in [2.45, 2.75) is 50.5 Å². The molecule has 0 bridgehead atoms. The predicted octanol–water partition coefficient (Wildman–Crippen LogP) is 3.18. The number of carbonyl (C=O) groups excluding carboxylic acids is 1. The predicted molar refractivity (Wildman–Crippen MR) is 106 cm³/mol. The third-order valence-corrected chi connectivity index (χ3v) is 4.90. The number of nitrogens with zero attached hydrogens (tertiary/aromatic N) is 1. The van der Waals surface area contributed by atoms with Gasteiger partial charge in [0, 0.05) is 17.8 Å². The molecule has 1 heterocycles. The summed E-state index contributed by atoms with van der Waals surface area (Å²) in [5.41, 5.74) is 1.98. The van der Waals surface area contributed by atoms with Crippen LogP contribution in [0.2, 0.25) is 0 Å². The largest absolute Gasteiger partial charge is 0.369 e. The highest BCUT2D eigenvalue weighted by Crippen LogP contribution is 2.31. The Labute approximate surface area is 169 Å². The maximum absolute atomic E-state index is 11.2. The van der Waals surface area contributed by atoms with Gasteiger partial charge in [0.05, 0.1) is 25.4 Å². The van der Waals surface area contributed by atoms with Gasteiger partial charge in [0.1, 0.15) is 18.5 Å². The van der Waals surface area contributed by atoms with E-state index in [2.05, 4.69) is 0 Å². The molecule has 1 saturated heterocycles. The Hall–Kier alpha value is -2.61. The van der Waals surface area contributed by atoms with E-state index in [1.165, 1.54) is 0 Å². The van der Waals surface area contributed by atoms with Gasteiger partial charge in [-0.1, -0.05) is 60.7 Å². The summed E-state index contributed by atoms with van der Waals surface area (Å²) in [7, 11) is 0. The number of aldehydes is 1. The van der Waals surface area contributed by atoms with Crippen molar-refractivity contribution >= 4 is 6.29 Å². The number of hydrogen-bond acceptors (Lipinski definition) is 6. The molecule has 29 heavy (non-hydrogen) atoms. The number of ether oxygens (including phenoxy) is 3. The van der Waals surface area contributed by atoms with Crippen LogP contribution in [-0.4, -0.2) is 42.2 Å². The Kier molecular flexibility index (Phi) is 7.86. The average molecular weight is 399 g/mol. The quantitative estimate of drug-likeness (QED) is 0.328. The van der Waals surface area contributed by atoms with Crippen molar-refractivity contribution in [3.8, 4) is 0 Å². The minimum Gasteiger partial charge on any atom is -0.369 e. The Bertz CT molecular complexity index is 769. The number of rotatable bonds is 11. The Balaban J connectivity index is 1.73. The van der Waals surface area contributed by atoms with Gasteiger partial charge in [0.2, 0.25) is 6.54 Å². The van der Waals surface area contributed by atoms with Crippen molar-refractivity contribution in [2.75, 3.05) is 6.54 Å². The van der Waals surface area contributed by atoms with Crippen LogP contribution in [-0.2, 0) is 32.2 Å². The highest BCUT2D eigenvalue weighted by molar-refractivity contribution is 5.50. The summed E-state index contributed by atoms with van der Waals surface area (Å²) in [6, 6.07) is 19.4. The van der Waals surface area contributed by atoms with Gasteiger partial charge >= 0.3 is 0 Å². The molecule has 1 fully saturated rings. The smallest absolute Gasteiger partial charge is 0.206 e. The summed E-state index contributed by atoms with van der Waals surface area (Å²) in [5, 5.41) is 10.9. The molecule has 0 unspecified atom stereocenters. The fourth-order valence-corrected chi connectivity index (χ4v) is 3.49. The van der Waals surface area contributed by atoms with E-state index >= 15 is 0 Å². The molecule has 0 spiro atoms. The molecular formula is C22H25NO6. The van der Waals surface area contributed by atoms with Crippen molar-refractivity contribution in [3.63, 3.8) is 0 Å². The van der Waals surface area contributed by atoms with E-state index in [9.17, 15) is 14.9 Å². The van der Waals surface area contributed by atoms with Crippen molar-refractivity contribution < 1.29 is 23.9 Å². The Morgan fingerprint density at radius 3 is 1.90 bits per heavy atom. The van der Waals surface area contributed by atoms with Crippen molar-refractivity contribution in [3.05, 3.63) is 81.9 Å². The van der Waals surface area contributed by atoms with E-state index in [0.717, 1.165) is 17.4 Å². The van der Waals surface area contributed by atoms with Gasteiger partial charge in [-0.2, -0.15) is 0 Å². The number of hydrogen-bond donors (Lipinski definition) is 0. The first-order chi connectivity index (χ1) is 14.2. The molecule has 2 aromatic rings. The van der Waals surface area contributed by atoms with E-state index in [4.69, 9.17) is 14.2 Å². The van der Waals surface area contributed by atoms with E-state index in [-0.39, 0.29) is 24.3 Å². The molecule has 0 N–H and O–H groups in total. The monoisotopic (exact) mass is 399 g/mol. The molecule has 0 amide bonds. The van der Waals surface area contributed by atoms with Gasteiger partial charge in [-0.05, 0) is 11.1 Å². The van der Waals surface area contributed by atoms with Crippen molar-refractivity contribution in [2.24, 2.45) is 0 Å². The second kappa shape index (κ2) is 10.8. The Morgan fingerprint density at radius 1 is 0.897 bits per heavy atom. The minimum atomic E-state index is -0.505. The maximum Gasteiger partial charge on any atom is 0.206 e. The van der Waals surface area contributed by atoms with Crippen molar-refractivity contribution in [1.82, 2.24) is 0 Å². The summed E-state index contributed by atoms with van der Waals surface area (Å²) in [6.45, 7) is 0.454. The van der Waals surface area contributed by atoms with Gasteiger partial charge < -0.3 is 19.0 Å². The molecule has 2 aromatic carbocycles. The molecule has 0 aromatic heterocycles. The van der Waals surface area contributed by atoms with Gasteiger partial charge in [-0.3, -0.25) is 10.1 Å². The molecule has 1 aliphatic heterocycles. The van der Waals surface area contributed by atoms with Crippen LogP contribution in [0, 0.1) is 10.1 Å². The average Bonchev–Trinajstić information content (AvgIpc) is 3.07. The van der Waals surface area contributed by atoms with Crippen LogP contribution in [0.15, 0.2) is 60.7 Å². The lowest BCUT2D eigenvalue weighted by atomic mass is 10.0. The molecule has 4 atom stereocenters. The van der Waals surface area contributed by atoms with Gasteiger partial charge in [0.15, 0.2) is 0 Å². The highest BCUT2D eigenvalue weighted by Gasteiger charge is 2.46. The van der Waals surface area contributed by atoms with Crippen LogP contribution in [0.25, 0.3) is 0 Å². The zero-order valence-electron chi connectivity index (χ0n) is 16.1. The zero-order valence-corrected chi connectivity index (χ0v) is 16.1. The molecular weight excluding hydrogens is 374 g/mol. The highest BCUT2D eigenvalue weighted by atomic mass is 16.6. The second-order valence-electron chi connectivity index (χ2n) is 6.98. The zero-order chi connectivity index (χ0) is 20.5. The van der Waals surface area contributed by atoms with Gasteiger partial charge in [-0.15, -0.1) is 0 Å². The van der Waals surface area contributed by atoms with Crippen LogP contribution >= 0.6 is 0 Å². The van der Waals surface area contributed by atoms with Crippen LogP contribution < -0.4 is 0 Å². The van der Waals surface area contributed by atoms with Crippen LogP contribution in [0.4, 0.5) is 0 Å². The summed E-state index contributed by atoms with van der Waals surface area (Å²) in [5.74, 6) is 0. The van der Waals surface area contributed by atoms with E-state index in [1.807, 2.05) is 60.7 Å². The lowest BCUT2D eigenvalue weighted by molar-refractivity contribution is -0.482. The molecule has 0 saturated carbocycles. The second-order valence-corrected chi connectivity index (χ2v) is 6.98. The van der Waals surface area contributed by atoms with Gasteiger partial charge in [0.25, 0.3) is 0 Å². The first-order valence-corrected chi connectivity index (χ1v) is 9.69. The van der Waals surface area contributed by atoms with Gasteiger partial charge in [-0.25, -0.2) is 0 Å². The summed E-state index contributed by atoms with van der Waals surface area (Å²) >= 11 is 0. The SMILES string of the molecule is O=CC[C@H]1O[C@H](CC[N+](=O)[O-])[C@@H](OCc2ccccc2)[C@H]1OCc1ccccc1. The standard InChI is InChI=1S/C22H25NO6/c24-14-12-20-22(28-16-18-9-5-2-6-10-18)21(19(29-20)11-13-23(25)26)27-15-17-7-3-1-4-8-17/h1-10,14,19-22H,11-13,15-16H2/t19-,20-,21-,22+/m1/s1. The maximum atomic E-state index is 11.2. The number of nitro groups is 1. The number of carbonyl (C=O) groups is 1. The fraction of sp³-hybridized carbons (Fsp3) is 0.409. The third kappa shape index (κ3) is 6.19. The van der Waals surface area contributed by atoms with E-state index in [1.54, 1.807) is 0 Å². The van der Waals surface area contributed by atoms with Crippen LogP contribution in [0.1, 0.15) is 24.0 Å². The molecule has 154 valence electrons. The fourth-order valence-electron chi connectivity index (χ4n) is 3.49. The molecule has 1 aliphatic rings. The van der Waals surface area contributed by atoms with E-state index < -0.39 is 24.4 Å². The topological polar surface area (TPSA) is 87.9 Å². The van der Waals surface area contributed by atoms with Crippen molar-refractivity contribution in [1.29, 1.82) is 0 Å². The minimum absolute atomic E-state index is 0.152. The molecule has 7 nitrogen and oxygen atoms in total. The summed E-state index contributed by atoms with van der Waals surface area (Å²) in [6.07, 6.45) is -0.839. The lowest BCUT2D eigenvalue weighted by Gasteiger charge is -2.24. The molecule has 3 rings (SSSR count). The lowest BCUT2D eigenvalue weighted by Crippen LogP contribution is -2.38. The third-order valence-electron chi connectivity index (χ3n) is 4.90. The van der Waals surface area contributed by atoms with Crippen LogP contribution in [0.3, 0.4) is 0 Å². The first kappa shape index (κ1) is 21.1. The number of benzene rings is 2. The molecule has 0 radical (unpaired) electrons. The molecule has 0 aliphatic carbocycles. The normalized spacial score (nSPS) is 23.7. The first-order valence-electron chi connectivity index (χ1n) is 9.69. The molecule has 7 heteroatoms. The summed E-state index contributed by atoms with van der Waals surface area (Å²) < 4.78 is 18.2. The summed E-state index contributed by atoms with van der Waals surface area (Å²) in [4.78, 5) is 21.6. The van der Waals surface area contributed by atoms with Crippen LogP contribution in [0.5, 0.6) is 0 Å².